The van der Waals surface area contributed by atoms with Gasteiger partial charge in [-0.15, -0.1) is 0 Å². The third-order valence-corrected chi connectivity index (χ3v) is 3.71. The van der Waals surface area contributed by atoms with Crippen LogP contribution in [-0.2, 0) is 0 Å². The average Bonchev–Trinajstić information content (AvgIpc) is 3.10. The molecule has 0 bridgehead atoms. The van der Waals surface area contributed by atoms with E-state index in [9.17, 15) is 4.79 Å². The van der Waals surface area contributed by atoms with Gasteiger partial charge in [-0.25, -0.2) is 0 Å². The topological polar surface area (TPSA) is 56.8 Å². The van der Waals surface area contributed by atoms with Gasteiger partial charge in [-0.1, -0.05) is 24.3 Å². The Kier molecular flexibility index (Phi) is 3.96. The van der Waals surface area contributed by atoms with E-state index in [0.717, 1.165) is 0 Å². The van der Waals surface area contributed by atoms with Crippen LogP contribution in [0.5, 0.6) is 23.0 Å². The van der Waals surface area contributed by atoms with Crippen molar-refractivity contribution in [2.45, 2.75) is 0 Å². The van der Waals surface area contributed by atoms with Gasteiger partial charge < -0.3 is 19.5 Å². The summed E-state index contributed by atoms with van der Waals surface area (Å²) >= 11 is 0. The van der Waals surface area contributed by atoms with Crippen LogP contribution >= 0.6 is 0 Å². The molecule has 1 aliphatic rings. The first-order chi connectivity index (χ1) is 12.3. The predicted molar refractivity (Wildman–Crippen MR) is 93.5 cm³/mol. The van der Waals surface area contributed by atoms with Crippen molar-refractivity contribution in [3.63, 3.8) is 0 Å². The third kappa shape index (κ3) is 3.40. The van der Waals surface area contributed by atoms with Crippen LogP contribution in [-0.4, -0.2) is 12.7 Å². The Balaban J connectivity index is 1.49. The Hall–Kier alpha value is -3.47. The van der Waals surface area contributed by atoms with E-state index in [4.69, 9.17) is 14.2 Å². The monoisotopic (exact) mass is 333 g/mol. The number of rotatable bonds is 4. The Morgan fingerprint density at radius 2 is 1.64 bits per heavy atom. The SMILES string of the molecule is O=C(Nc1cccc(Oc2ccc3c(c2)OCO3)c1)c1ccccc1. The van der Waals surface area contributed by atoms with Gasteiger partial charge in [0, 0.05) is 23.4 Å². The first-order valence-electron chi connectivity index (χ1n) is 7.82. The van der Waals surface area contributed by atoms with Gasteiger partial charge in [-0.2, -0.15) is 0 Å². The largest absolute Gasteiger partial charge is 0.457 e. The highest BCUT2D eigenvalue weighted by atomic mass is 16.7. The summed E-state index contributed by atoms with van der Waals surface area (Å²) < 4.78 is 16.5. The van der Waals surface area contributed by atoms with E-state index >= 15 is 0 Å². The standard InChI is InChI=1S/C20H15NO4/c22-20(14-5-2-1-3-6-14)21-15-7-4-8-16(11-15)25-17-9-10-18-19(12-17)24-13-23-18/h1-12H,13H2,(H,21,22). The van der Waals surface area contributed by atoms with Crippen LogP contribution in [0.2, 0.25) is 0 Å². The quantitative estimate of drug-likeness (QED) is 0.766. The molecule has 1 N–H and O–H groups in total. The molecule has 0 aliphatic carbocycles. The van der Waals surface area contributed by atoms with E-state index in [1.165, 1.54) is 0 Å². The fraction of sp³-hybridized carbons (Fsp3) is 0.0500. The molecule has 0 saturated carbocycles. The maximum Gasteiger partial charge on any atom is 0.255 e. The number of nitrogens with one attached hydrogen (secondary N) is 1. The summed E-state index contributed by atoms with van der Waals surface area (Å²) in [7, 11) is 0. The summed E-state index contributed by atoms with van der Waals surface area (Å²) in [5, 5.41) is 2.86. The van der Waals surface area contributed by atoms with Gasteiger partial charge in [0.05, 0.1) is 0 Å². The average molecular weight is 333 g/mol. The zero-order chi connectivity index (χ0) is 17.1. The number of hydrogen-bond acceptors (Lipinski definition) is 4. The Morgan fingerprint density at radius 1 is 0.840 bits per heavy atom. The molecule has 1 heterocycles. The minimum atomic E-state index is -0.166. The maximum atomic E-state index is 12.2. The Labute approximate surface area is 144 Å². The van der Waals surface area contributed by atoms with Crippen LogP contribution < -0.4 is 19.5 Å². The van der Waals surface area contributed by atoms with Gasteiger partial charge in [0.1, 0.15) is 11.5 Å². The summed E-state index contributed by atoms with van der Waals surface area (Å²) in [6.45, 7) is 0.222. The van der Waals surface area contributed by atoms with Crippen LogP contribution in [0, 0.1) is 0 Å². The zero-order valence-corrected chi connectivity index (χ0v) is 13.3. The second-order valence-electron chi connectivity index (χ2n) is 5.47. The molecule has 124 valence electrons. The third-order valence-electron chi connectivity index (χ3n) is 3.71. The number of fused-ring (bicyclic) bond motifs is 1. The first kappa shape index (κ1) is 15.1. The number of amides is 1. The number of ether oxygens (including phenoxy) is 3. The van der Waals surface area contributed by atoms with Crippen LogP contribution in [0.1, 0.15) is 10.4 Å². The lowest BCUT2D eigenvalue weighted by Crippen LogP contribution is -2.11. The molecule has 0 fully saturated rings. The molecule has 3 aromatic carbocycles. The minimum Gasteiger partial charge on any atom is -0.457 e. The molecule has 0 unspecified atom stereocenters. The molecule has 3 aromatic rings. The van der Waals surface area contributed by atoms with E-state index < -0.39 is 0 Å². The number of carbonyl (C=O) groups excluding carboxylic acids is 1. The van der Waals surface area contributed by atoms with Crippen molar-refractivity contribution in [1.82, 2.24) is 0 Å². The fourth-order valence-corrected chi connectivity index (χ4v) is 2.51. The molecule has 5 nitrogen and oxygen atoms in total. The minimum absolute atomic E-state index is 0.166. The van der Waals surface area contributed by atoms with Crippen molar-refractivity contribution in [1.29, 1.82) is 0 Å². The van der Waals surface area contributed by atoms with Gasteiger partial charge in [-0.3, -0.25) is 4.79 Å². The lowest BCUT2D eigenvalue weighted by atomic mass is 10.2. The molecule has 1 amide bonds. The molecular formula is C20H15NO4. The summed E-state index contributed by atoms with van der Waals surface area (Å²) in [5.74, 6) is 2.45. The van der Waals surface area contributed by atoms with Gasteiger partial charge in [-0.05, 0) is 36.4 Å². The first-order valence-corrected chi connectivity index (χ1v) is 7.82. The molecule has 25 heavy (non-hydrogen) atoms. The highest BCUT2D eigenvalue weighted by Gasteiger charge is 2.14. The normalized spacial score (nSPS) is 11.8. The molecule has 0 spiro atoms. The smallest absolute Gasteiger partial charge is 0.255 e. The Bertz CT molecular complexity index is 909. The van der Waals surface area contributed by atoms with Crippen molar-refractivity contribution >= 4 is 11.6 Å². The fourth-order valence-electron chi connectivity index (χ4n) is 2.51. The van der Waals surface area contributed by atoms with Gasteiger partial charge in [0.25, 0.3) is 5.91 Å². The second kappa shape index (κ2) is 6.57. The molecule has 1 aliphatic heterocycles. The lowest BCUT2D eigenvalue weighted by Gasteiger charge is -2.09. The lowest BCUT2D eigenvalue weighted by molar-refractivity contribution is 0.102. The van der Waals surface area contributed by atoms with E-state index in [1.807, 2.05) is 42.5 Å². The van der Waals surface area contributed by atoms with Crippen molar-refractivity contribution in [3.05, 3.63) is 78.4 Å². The van der Waals surface area contributed by atoms with Crippen molar-refractivity contribution < 1.29 is 19.0 Å². The van der Waals surface area contributed by atoms with E-state index in [-0.39, 0.29) is 12.7 Å². The van der Waals surface area contributed by atoms with Gasteiger partial charge >= 0.3 is 0 Å². The van der Waals surface area contributed by atoms with Crippen molar-refractivity contribution in [2.75, 3.05) is 12.1 Å². The molecule has 5 heteroatoms. The zero-order valence-electron chi connectivity index (χ0n) is 13.3. The number of anilines is 1. The number of hydrogen-bond donors (Lipinski definition) is 1. The predicted octanol–water partition coefficient (Wildman–Crippen LogP) is 4.46. The van der Waals surface area contributed by atoms with Crippen LogP contribution in [0.15, 0.2) is 72.8 Å². The van der Waals surface area contributed by atoms with Crippen molar-refractivity contribution in [2.24, 2.45) is 0 Å². The van der Waals surface area contributed by atoms with Crippen LogP contribution in [0.3, 0.4) is 0 Å². The highest BCUT2D eigenvalue weighted by Crippen LogP contribution is 2.36. The molecular weight excluding hydrogens is 318 g/mol. The highest BCUT2D eigenvalue weighted by molar-refractivity contribution is 6.04. The molecule has 0 radical (unpaired) electrons. The van der Waals surface area contributed by atoms with E-state index in [2.05, 4.69) is 5.32 Å². The molecule has 4 rings (SSSR count). The van der Waals surface area contributed by atoms with Gasteiger partial charge in [0.2, 0.25) is 6.79 Å². The van der Waals surface area contributed by atoms with Gasteiger partial charge in [0.15, 0.2) is 11.5 Å². The Morgan fingerprint density at radius 3 is 2.52 bits per heavy atom. The van der Waals surface area contributed by atoms with E-state index in [0.29, 0.717) is 34.2 Å². The number of carbonyl (C=O) groups is 1. The maximum absolute atomic E-state index is 12.2. The summed E-state index contributed by atoms with van der Waals surface area (Å²) in [4.78, 5) is 12.2. The summed E-state index contributed by atoms with van der Waals surface area (Å²) in [5.41, 5.74) is 1.26. The van der Waals surface area contributed by atoms with E-state index in [1.54, 1.807) is 30.3 Å². The number of benzene rings is 3. The molecule has 0 atom stereocenters. The molecule has 0 aromatic heterocycles. The molecule has 0 saturated heterocycles. The van der Waals surface area contributed by atoms with Crippen molar-refractivity contribution in [3.8, 4) is 23.0 Å². The summed E-state index contributed by atoms with van der Waals surface area (Å²) in [6, 6.07) is 21.7. The van der Waals surface area contributed by atoms with Crippen LogP contribution in [0.25, 0.3) is 0 Å². The van der Waals surface area contributed by atoms with Crippen LogP contribution in [0.4, 0.5) is 5.69 Å². The second-order valence-corrected chi connectivity index (χ2v) is 5.47. The summed E-state index contributed by atoms with van der Waals surface area (Å²) in [6.07, 6.45) is 0.